The third-order valence-electron chi connectivity index (χ3n) is 3.92. The highest BCUT2D eigenvalue weighted by Crippen LogP contribution is 2.29. The molecule has 2 aromatic carbocycles. The zero-order chi connectivity index (χ0) is 17.5. The number of methoxy groups -OCH3 is 1. The predicted octanol–water partition coefficient (Wildman–Crippen LogP) is 4.74. The van der Waals surface area contributed by atoms with Gasteiger partial charge in [0.05, 0.1) is 18.8 Å². The zero-order valence-electron chi connectivity index (χ0n) is 14.2. The molecule has 0 radical (unpaired) electrons. The second kappa shape index (κ2) is 8.16. The van der Waals surface area contributed by atoms with Crippen LogP contribution < -0.4 is 9.64 Å². The molecule has 0 aliphatic rings. The molecular formula is C20H21FN2O. The van der Waals surface area contributed by atoms with Gasteiger partial charge >= 0.3 is 0 Å². The fraction of sp³-hybridized carbons (Fsp3) is 0.250. The number of ether oxygens (including phenoxy) is 1. The Balaban J connectivity index is 2.43. The van der Waals surface area contributed by atoms with Crippen LogP contribution in [0.15, 0.2) is 42.5 Å². The molecule has 0 saturated carbocycles. The summed E-state index contributed by atoms with van der Waals surface area (Å²) >= 11 is 0. The molecule has 0 N–H and O–H groups in total. The van der Waals surface area contributed by atoms with Gasteiger partial charge in [0.15, 0.2) is 0 Å². The minimum Gasteiger partial charge on any atom is -0.496 e. The van der Waals surface area contributed by atoms with Gasteiger partial charge in [0.1, 0.15) is 11.6 Å². The lowest BCUT2D eigenvalue weighted by molar-refractivity contribution is 0.414. The maximum Gasteiger partial charge on any atom is 0.128 e. The van der Waals surface area contributed by atoms with Crippen LogP contribution >= 0.6 is 0 Å². The number of allylic oxidation sites excluding steroid dienone is 1. The highest BCUT2D eigenvalue weighted by atomic mass is 19.1. The van der Waals surface area contributed by atoms with Crippen molar-refractivity contribution in [1.82, 2.24) is 0 Å². The van der Waals surface area contributed by atoms with Crippen LogP contribution in [0.5, 0.6) is 5.75 Å². The average Bonchev–Trinajstić information content (AvgIpc) is 2.62. The summed E-state index contributed by atoms with van der Waals surface area (Å²) < 4.78 is 18.5. The second-order valence-electron chi connectivity index (χ2n) is 5.28. The summed E-state index contributed by atoms with van der Waals surface area (Å²) in [4.78, 5) is 2.22. The fourth-order valence-electron chi connectivity index (χ4n) is 2.57. The van der Waals surface area contributed by atoms with Gasteiger partial charge in [0.2, 0.25) is 0 Å². The number of hydrogen-bond acceptors (Lipinski definition) is 3. The highest BCUT2D eigenvalue weighted by molar-refractivity contribution is 5.90. The molecule has 3 nitrogen and oxygen atoms in total. The van der Waals surface area contributed by atoms with E-state index >= 15 is 0 Å². The van der Waals surface area contributed by atoms with E-state index in [2.05, 4.69) is 24.8 Å². The lowest BCUT2D eigenvalue weighted by Crippen LogP contribution is -2.21. The Kier molecular flexibility index (Phi) is 5.97. The Morgan fingerprint density at radius 1 is 1.17 bits per heavy atom. The molecule has 24 heavy (non-hydrogen) atoms. The van der Waals surface area contributed by atoms with E-state index in [9.17, 15) is 9.65 Å². The second-order valence-corrected chi connectivity index (χ2v) is 5.28. The Labute approximate surface area is 142 Å². The largest absolute Gasteiger partial charge is 0.496 e. The van der Waals surface area contributed by atoms with E-state index in [1.807, 2.05) is 18.2 Å². The van der Waals surface area contributed by atoms with Crippen LogP contribution in [-0.2, 0) is 0 Å². The van der Waals surface area contributed by atoms with E-state index in [1.54, 1.807) is 25.3 Å². The van der Waals surface area contributed by atoms with Crippen molar-refractivity contribution in [3.63, 3.8) is 0 Å². The molecular weight excluding hydrogens is 303 g/mol. The van der Waals surface area contributed by atoms with Crippen molar-refractivity contribution in [2.45, 2.75) is 13.8 Å². The van der Waals surface area contributed by atoms with Gasteiger partial charge in [-0.3, -0.25) is 0 Å². The average molecular weight is 324 g/mol. The Hall–Kier alpha value is -2.80. The van der Waals surface area contributed by atoms with Crippen LogP contribution in [0.2, 0.25) is 0 Å². The molecule has 0 bridgehead atoms. The summed E-state index contributed by atoms with van der Waals surface area (Å²) in [5.74, 6) is 0.381. The summed E-state index contributed by atoms with van der Waals surface area (Å²) in [5.41, 5.74) is 3.03. The first kappa shape index (κ1) is 17.6. The number of benzene rings is 2. The highest BCUT2D eigenvalue weighted by Gasteiger charge is 2.09. The molecule has 2 rings (SSSR count). The van der Waals surface area contributed by atoms with E-state index in [-0.39, 0.29) is 5.82 Å². The quantitative estimate of drug-likeness (QED) is 0.568. The Bertz CT molecular complexity index is 756. The van der Waals surface area contributed by atoms with Crippen molar-refractivity contribution < 1.29 is 9.13 Å². The lowest BCUT2D eigenvalue weighted by atomic mass is 10.0. The topological polar surface area (TPSA) is 36.3 Å². The van der Waals surface area contributed by atoms with E-state index in [0.717, 1.165) is 24.3 Å². The summed E-state index contributed by atoms with van der Waals surface area (Å²) in [6.45, 7) is 6.03. The molecule has 0 atom stereocenters. The summed E-state index contributed by atoms with van der Waals surface area (Å²) in [6, 6.07) is 14.0. The first-order valence-electron chi connectivity index (χ1n) is 7.93. The van der Waals surface area contributed by atoms with Crippen molar-refractivity contribution in [1.29, 1.82) is 5.26 Å². The lowest BCUT2D eigenvalue weighted by Gasteiger charge is -2.22. The Morgan fingerprint density at radius 2 is 1.83 bits per heavy atom. The van der Waals surface area contributed by atoms with Gasteiger partial charge in [-0.05, 0) is 49.8 Å². The van der Waals surface area contributed by atoms with Gasteiger partial charge in [-0.2, -0.15) is 5.26 Å². The van der Waals surface area contributed by atoms with Gasteiger partial charge in [-0.15, -0.1) is 0 Å². The minimum atomic E-state index is -0.322. The monoisotopic (exact) mass is 324 g/mol. The van der Waals surface area contributed by atoms with Gasteiger partial charge in [0.25, 0.3) is 0 Å². The standard InChI is InChI=1S/C20H21FN2O/c1-4-23(5-2)19-11-8-16(20(13-19)24-3)12-17(14-22)15-6-9-18(21)10-7-15/h6-13H,4-5H2,1-3H3/b17-12+. The molecule has 0 aliphatic heterocycles. The minimum absolute atomic E-state index is 0.322. The Morgan fingerprint density at radius 3 is 2.38 bits per heavy atom. The van der Waals surface area contributed by atoms with Gasteiger partial charge < -0.3 is 9.64 Å². The van der Waals surface area contributed by atoms with Crippen molar-refractivity contribution in [2.24, 2.45) is 0 Å². The molecule has 0 amide bonds. The summed E-state index contributed by atoms with van der Waals surface area (Å²) in [7, 11) is 1.61. The van der Waals surface area contributed by atoms with Gasteiger partial charge in [0, 0.05) is 30.4 Å². The predicted molar refractivity (Wildman–Crippen MR) is 96.4 cm³/mol. The molecule has 124 valence electrons. The zero-order valence-corrected chi connectivity index (χ0v) is 14.2. The third-order valence-corrected chi connectivity index (χ3v) is 3.92. The molecule has 0 spiro atoms. The first-order chi connectivity index (χ1) is 11.6. The smallest absolute Gasteiger partial charge is 0.128 e. The van der Waals surface area contributed by atoms with Crippen molar-refractivity contribution in [3.8, 4) is 11.8 Å². The normalized spacial score (nSPS) is 11.0. The van der Waals surface area contributed by atoms with Crippen molar-refractivity contribution in [2.75, 3.05) is 25.1 Å². The number of halogens is 1. The first-order valence-corrected chi connectivity index (χ1v) is 7.93. The SMILES string of the molecule is CCN(CC)c1ccc(/C=C(\C#N)c2ccc(F)cc2)c(OC)c1. The van der Waals surface area contributed by atoms with Crippen LogP contribution in [0.1, 0.15) is 25.0 Å². The summed E-state index contributed by atoms with van der Waals surface area (Å²) in [6.07, 6.45) is 1.76. The third kappa shape index (κ3) is 3.94. The van der Waals surface area contributed by atoms with Crippen LogP contribution in [0.25, 0.3) is 11.6 Å². The number of nitriles is 1. The maximum atomic E-state index is 13.1. The molecule has 0 aromatic heterocycles. The van der Waals surface area contributed by atoms with E-state index in [1.165, 1.54) is 12.1 Å². The van der Waals surface area contributed by atoms with Crippen LogP contribution in [-0.4, -0.2) is 20.2 Å². The number of nitrogens with zero attached hydrogens (tertiary/aromatic N) is 2. The molecule has 0 fully saturated rings. The van der Waals surface area contributed by atoms with Crippen LogP contribution in [0.4, 0.5) is 10.1 Å². The number of rotatable bonds is 6. The number of hydrogen-bond donors (Lipinski definition) is 0. The van der Waals surface area contributed by atoms with E-state index < -0.39 is 0 Å². The summed E-state index contributed by atoms with van der Waals surface area (Å²) in [5, 5.41) is 9.43. The van der Waals surface area contributed by atoms with Crippen LogP contribution in [0.3, 0.4) is 0 Å². The fourth-order valence-corrected chi connectivity index (χ4v) is 2.57. The van der Waals surface area contributed by atoms with E-state index in [0.29, 0.717) is 16.9 Å². The molecule has 4 heteroatoms. The molecule has 0 saturated heterocycles. The molecule has 0 aliphatic carbocycles. The van der Waals surface area contributed by atoms with Gasteiger partial charge in [-0.1, -0.05) is 12.1 Å². The number of anilines is 1. The van der Waals surface area contributed by atoms with Gasteiger partial charge in [-0.25, -0.2) is 4.39 Å². The van der Waals surface area contributed by atoms with Crippen molar-refractivity contribution in [3.05, 3.63) is 59.4 Å². The van der Waals surface area contributed by atoms with Crippen LogP contribution in [0, 0.1) is 17.1 Å². The molecule has 2 aromatic rings. The van der Waals surface area contributed by atoms with E-state index in [4.69, 9.17) is 4.74 Å². The van der Waals surface area contributed by atoms with Crippen molar-refractivity contribution >= 4 is 17.3 Å². The molecule has 0 heterocycles. The molecule has 0 unspecified atom stereocenters. The maximum absolute atomic E-state index is 13.1.